The van der Waals surface area contributed by atoms with E-state index in [9.17, 15) is 8.42 Å². The number of sulfonamides is 1. The van der Waals surface area contributed by atoms with Gasteiger partial charge in [0.15, 0.2) is 5.03 Å². The monoisotopic (exact) mass is 300 g/mol. The van der Waals surface area contributed by atoms with Crippen molar-refractivity contribution in [1.29, 1.82) is 0 Å². The molecule has 0 aromatic carbocycles. The molecule has 0 spiro atoms. The van der Waals surface area contributed by atoms with E-state index >= 15 is 0 Å². The Hall–Kier alpha value is -0.920. The van der Waals surface area contributed by atoms with Gasteiger partial charge >= 0.3 is 0 Å². The average Bonchev–Trinajstić information content (AvgIpc) is 2.91. The summed E-state index contributed by atoms with van der Waals surface area (Å²) in [4.78, 5) is 3.97. The second-order valence-corrected chi connectivity index (χ2v) is 6.93. The zero-order chi connectivity index (χ0) is 14.6. The van der Waals surface area contributed by atoms with Gasteiger partial charge in [-0.3, -0.25) is 0 Å². The predicted octanol–water partition coefficient (Wildman–Crippen LogP) is 1.10. The molecular weight excluding hydrogens is 276 g/mol. The van der Waals surface area contributed by atoms with Crippen LogP contribution in [0.25, 0.3) is 0 Å². The minimum Gasteiger partial charge on any atom is -0.336 e. The first-order valence-corrected chi connectivity index (χ1v) is 8.81. The smallest absolute Gasteiger partial charge is 0.259 e. The number of rotatable bonds is 6. The number of nitrogens with one attached hydrogen (secondary N) is 2. The molecule has 0 aliphatic heterocycles. The lowest BCUT2D eigenvalue weighted by Crippen LogP contribution is -2.42. The van der Waals surface area contributed by atoms with E-state index in [4.69, 9.17) is 0 Å². The molecule has 1 aliphatic rings. The molecule has 1 aromatic heterocycles. The zero-order valence-corrected chi connectivity index (χ0v) is 13.0. The Bertz CT molecular complexity index is 518. The fourth-order valence-electron chi connectivity index (χ4n) is 2.64. The summed E-state index contributed by atoms with van der Waals surface area (Å²) in [5.41, 5.74) is 0. The van der Waals surface area contributed by atoms with Crippen LogP contribution in [0.3, 0.4) is 0 Å². The minimum absolute atomic E-state index is 0.0293. The van der Waals surface area contributed by atoms with Gasteiger partial charge in [-0.2, -0.15) is 0 Å². The van der Waals surface area contributed by atoms with Gasteiger partial charge in [-0.25, -0.2) is 18.1 Å². The number of aryl methyl sites for hydroxylation is 1. The van der Waals surface area contributed by atoms with Crippen LogP contribution in [0.5, 0.6) is 0 Å². The quantitative estimate of drug-likeness (QED) is 0.825. The van der Waals surface area contributed by atoms with E-state index < -0.39 is 10.0 Å². The van der Waals surface area contributed by atoms with Gasteiger partial charge in [0.2, 0.25) is 0 Å². The minimum atomic E-state index is -3.48. The maximum absolute atomic E-state index is 12.2. The van der Waals surface area contributed by atoms with E-state index in [-0.39, 0.29) is 11.1 Å². The first-order chi connectivity index (χ1) is 9.55. The van der Waals surface area contributed by atoms with Crippen LogP contribution in [0, 0.1) is 0 Å². The van der Waals surface area contributed by atoms with Crippen molar-refractivity contribution in [1.82, 2.24) is 19.6 Å². The van der Waals surface area contributed by atoms with Gasteiger partial charge in [0.1, 0.15) is 0 Å². The molecule has 114 valence electrons. The molecule has 0 saturated heterocycles. The molecular formula is C13H24N4O2S. The molecule has 7 heteroatoms. The summed E-state index contributed by atoms with van der Waals surface area (Å²) in [5, 5.41) is 3.54. The molecule has 20 heavy (non-hydrogen) atoms. The van der Waals surface area contributed by atoms with Gasteiger partial charge < -0.3 is 9.88 Å². The van der Waals surface area contributed by atoms with Gasteiger partial charge in [-0.1, -0.05) is 6.92 Å². The summed E-state index contributed by atoms with van der Waals surface area (Å²) in [6, 6.07) is 0.557. The van der Waals surface area contributed by atoms with Crippen LogP contribution in [0.4, 0.5) is 0 Å². The van der Waals surface area contributed by atoms with Crippen LogP contribution in [-0.4, -0.2) is 36.6 Å². The highest BCUT2D eigenvalue weighted by molar-refractivity contribution is 7.89. The molecule has 0 bridgehead atoms. The predicted molar refractivity (Wildman–Crippen MR) is 77.9 cm³/mol. The number of aromatic nitrogens is 2. The van der Waals surface area contributed by atoms with Crippen LogP contribution < -0.4 is 10.0 Å². The summed E-state index contributed by atoms with van der Waals surface area (Å²) in [6.45, 7) is 5.73. The molecule has 1 aromatic rings. The number of hydrogen-bond acceptors (Lipinski definition) is 4. The number of hydrogen-bond donors (Lipinski definition) is 2. The van der Waals surface area contributed by atoms with Gasteiger partial charge in [-0.05, 0) is 39.2 Å². The first kappa shape index (κ1) is 15.5. The molecule has 2 rings (SSSR count). The normalized spacial score (nSPS) is 23.9. The van der Waals surface area contributed by atoms with E-state index in [2.05, 4.69) is 21.9 Å². The van der Waals surface area contributed by atoms with E-state index in [1.54, 1.807) is 17.1 Å². The Morgan fingerprint density at radius 1 is 1.25 bits per heavy atom. The Morgan fingerprint density at radius 3 is 2.45 bits per heavy atom. The number of nitrogens with zero attached hydrogens (tertiary/aromatic N) is 2. The highest BCUT2D eigenvalue weighted by atomic mass is 32.2. The standard InChI is InChI=1S/C13H24N4O2S/c1-3-14-11-5-7-12(8-6-11)16-20(18,19)13-9-17(4-2)10-15-13/h9-12,14,16H,3-8H2,1-2H3. The maximum Gasteiger partial charge on any atom is 0.259 e. The maximum atomic E-state index is 12.2. The summed E-state index contributed by atoms with van der Waals surface area (Å²) in [5.74, 6) is 0. The fourth-order valence-corrected chi connectivity index (χ4v) is 3.89. The molecule has 2 N–H and O–H groups in total. The van der Waals surface area contributed by atoms with Crippen molar-refractivity contribution in [3.8, 4) is 0 Å². The Balaban J connectivity index is 1.92. The highest BCUT2D eigenvalue weighted by Crippen LogP contribution is 2.20. The van der Waals surface area contributed by atoms with Crippen LogP contribution >= 0.6 is 0 Å². The first-order valence-electron chi connectivity index (χ1n) is 7.32. The second-order valence-electron chi connectivity index (χ2n) is 5.27. The van der Waals surface area contributed by atoms with Crippen LogP contribution in [0.1, 0.15) is 39.5 Å². The van der Waals surface area contributed by atoms with Crippen molar-refractivity contribution in [3.05, 3.63) is 12.5 Å². The molecule has 6 nitrogen and oxygen atoms in total. The third-order valence-corrected chi connectivity index (χ3v) is 5.20. The van der Waals surface area contributed by atoms with Crippen molar-refractivity contribution >= 4 is 10.0 Å². The second kappa shape index (κ2) is 6.69. The van der Waals surface area contributed by atoms with E-state index in [0.717, 1.165) is 38.8 Å². The van der Waals surface area contributed by atoms with Gasteiger partial charge in [0, 0.05) is 24.8 Å². The fraction of sp³-hybridized carbons (Fsp3) is 0.769. The van der Waals surface area contributed by atoms with Gasteiger partial charge in [-0.15, -0.1) is 0 Å². The van der Waals surface area contributed by atoms with Crippen molar-refractivity contribution in [2.75, 3.05) is 6.54 Å². The topological polar surface area (TPSA) is 76.0 Å². The summed E-state index contributed by atoms with van der Waals surface area (Å²) in [7, 11) is -3.48. The lowest BCUT2D eigenvalue weighted by molar-refractivity contribution is 0.333. The Labute approximate surface area is 121 Å². The lowest BCUT2D eigenvalue weighted by Gasteiger charge is -2.29. The van der Waals surface area contributed by atoms with Crippen molar-refractivity contribution in [2.45, 2.75) is 63.2 Å². The molecule has 0 atom stereocenters. The molecule has 0 unspecified atom stereocenters. The van der Waals surface area contributed by atoms with Crippen molar-refractivity contribution < 1.29 is 8.42 Å². The van der Waals surface area contributed by atoms with E-state index in [1.165, 1.54) is 0 Å². The lowest BCUT2D eigenvalue weighted by atomic mass is 9.92. The highest BCUT2D eigenvalue weighted by Gasteiger charge is 2.26. The molecule has 1 saturated carbocycles. The van der Waals surface area contributed by atoms with E-state index in [1.807, 2.05) is 6.92 Å². The number of imidazole rings is 1. The SMILES string of the molecule is CCNC1CCC(NS(=O)(=O)c2cn(CC)cn2)CC1. The zero-order valence-electron chi connectivity index (χ0n) is 12.2. The Kier molecular flexibility index (Phi) is 5.17. The van der Waals surface area contributed by atoms with Crippen LogP contribution in [0.2, 0.25) is 0 Å². The Morgan fingerprint density at radius 2 is 1.90 bits per heavy atom. The summed E-state index contributed by atoms with van der Waals surface area (Å²) in [6.07, 6.45) is 6.93. The van der Waals surface area contributed by atoms with Crippen LogP contribution in [0.15, 0.2) is 17.6 Å². The van der Waals surface area contributed by atoms with Crippen molar-refractivity contribution in [3.63, 3.8) is 0 Å². The summed E-state index contributed by atoms with van der Waals surface area (Å²) >= 11 is 0. The van der Waals surface area contributed by atoms with Crippen molar-refractivity contribution in [2.24, 2.45) is 0 Å². The third kappa shape index (κ3) is 3.80. The van der Waals surface area contributed by atoms with E-state index in [0.29, 0.717) is 6.04 Å². The largest absolute Gasteiger partial charge is 0.336 e. The molecule has 1 fully saturated rings. The van der Waals surface area contributed by atoms with Gasteiger partial charge in [0.05, 0.1) is 6.33 Å². The molecule has 1 aliphatic carbocycles. The van der Waals surface area contributed by atoms with Crippen LogP contribution in [-0.2, 0) is 16.6 Å². The molecule has 0 radical (unpaired) electrons. The molecule has 1 heterocycles. The van der Waals surface area contributed by atoms with Gasteiger partial charge in [0.25, 0.3) is 10.0 Å². The average molecular weight is 300 g/mol. The molecule has 0 amide bonds. The third-order valence-electron chi connectivity index (χ3n) is 3.79. The summed E-state index contributed by atoms with van der Waals surface area (Å²) < 4.78 is 29.0.